The van der Waals surface area contributed by atoms with Gasteiger partial charge in [0.1, 0.15) is 5.65 Å². The maximum atomic E-state index is 12.7. The monoisotopic (exact) mass is 479 g/mol. The fourth-order valence-electron chi connectivity index (χ4n) is 4.09. The first-order valence-corrected chi connectivity index (χ1v) is 11.6. The van der Waals surface area contributed by atoms with Crippen molar-refractivity contribution in [2.24, 2.45) is 0 Å². The number of carbonyl (C=O) groups excluding carboxylic acids is 1. The summed E-state index contributed by atoms with van der Waals surface area (Å²) in [5.41, 5.74) is 4.79. The van der Waals surface area contributed by atoms with E-state index < -0.39 is 0 Å². The van der Waals surface area contributed by atoms with Crippen molar-refractivity contribution in [3.63, 3.8) is 0 Å². The standard InChI is InChI=1S/C25H23Cl2N5O/c26-19-6-4-18(5-7-19)24-22(32-12-2-1-3-23(32)29-24)17-30-13-15-31(16-14-30)25(33)28-21-10-8-20(27)9-11-21/h1-12H,13-17H2,(H,28,33). The summed E-state index contributed by atoms with van der Waals surface area (Å²) in [4.78, 5) is 21.7. The van der Waals surface area contributed by atoms with Crippen LogP contribution < -0.4 is 5.32 Å². The molecule has 4 aromatic rings. The predicted octanol–water partition coefficient (Wildman–Crippen LogP) is 5.66. The highest BCUT2D eigenvalue weighted by molar-refractivity contribution is 6.30. The first-order chi connectivity index (χ1) is 16.1. The lowest BCUT2D eigenvalue weighted by atomic mass is 10.1. The number of pyridine rings is 1. The van der Waals surface area contributed by atoms with Gasteiger partial charge < -0.3 is 14.6 Å². The number of urea groups is 1. The van der Waals surface area contributed by atoms with Gasteiger partial charge in [-0.2, -0.15) is 0 Å². The molecule has 0 unspecified atom stereocenters. The zero-order valence-electron chi connectivity index (χ0n) is 17.9. The van der Waals surface area contributed by atoms with Gasteiger partial charge >= 0.3 is 6.03 Å². The van der Waals surface area contributed by atoms with E-state index in [2.05, 4.69) is 14.6 Å². The number of rotatable bonds is 4. The fourth-order valence-corrected chi connectivity index (χ4v) is 4.35. The molecule has 168 valence electrons. The van der Waals surface area contributed by atoms with Crippen molar-refractivity contribution >= 4 is 40.6 Å². The number of fused-ring (bicyclic) bond motifs is 1. The van der Waals surface area contributed by atoms with E-state index in [9.17, 15) is 4.79 Å². The lowest BCUT2D eigenvalue weighted by Crippen LogP contribution is -2.49. The Balaban J connectivity index is 1.29. The summed E-state index contributed by atoms with van der Waals surface area (Å²) in [5.74, 6) is 0. The number of nitrogens with one attached hydrogen (secondary N) is 1. The number of carbonyl (C=O) groups is 1. The molecule has 0 bridgehead atoms. The van der Waals surface area contributed by atoms with Crippen LogP contribution in [0.25, 0.3) is 16.9 Å². The molecule has 0 radical (unpaired) electrons. The molecule has 0 atom stereocenters. The Labute approximate surface area is 202 Å². The number of hydrogen-bond donors (Lipinski definition) is 1. The summed E-state index contributed by atoms with van der Waals surface area (Å²) in [5, 5.41) is 4.29. The third kappa shape index (κ3) is 4.83. The lowest BCUT2D eigenvalue weighted by molar-refractivity contribution is 0.142. The summed E-state index contributed by atoms with van der Waals surface area (Å²) in [7, 11) is 0. The molecular weight excluding hydrogens is 457 g/mol. The number of nitrogens with zero attached hydrogens (tertiary/aromatic N) is 4. The van der Waals surface area contributed by atoms with Crippen LogP contribution in [0.2, 0.25) is 10.0 Å². The van der Waals surface area contributed by atoms with Crippen molar-refractivity contribution in [3.05, 3.63) is 88.7 Å². The molecule has 33 heavy (non-hydrogen) atoms. The number of aromatic nitrogens is 2. The van der Waals surface area contributed by atoms with Gasteiger partial charge in [-0.1, -0.05) is 41.4 Å². The lowest BCUT2D eigenvalue weighted by Gasteiger charge is -2.34. The third-order valence-corrected chi connectivity index (χ3v) is 6.38. The molecule has 1 fully saturated rings. The van der Waals surface area contributed by atoms with Gasteiger partial charge in [-0.15, -0.1) is 0 Å². The zero-order valence-corrected chi connectivity index (χ0v) is 19.4. The Morgan fingerprint density at radius 1 is 0.879 bits per heavy atom. The molecule has 2 aromatic heterocycles. The highest BCUT2D eigenvalue weighted by Crippen LogP contribution is 2.27. The van der Waals surface area contributed by atoms with E-state index in [1.165, 1.54) is 0 Å². The van der Waals surface area contributed by atoms with E-state index in [0.29, 0.717) is 23.1 Å². The van der Waals surface area contributed by atoms with Crippen molar-refractivity contribution in [3.8, 4) is 11.3 Å². The predicted molar refractivity (Wildman–Crippen MR) is 133 cm³/mol. The van der Waals surface area contributed by atoms with Gasteiger partial charge in [0.05, 0.1) is 11.4 Å². The van der Waals surface area contributed by atoms with Gasteiger partial charge in [-0.3, -0.25) is 4.90 Å². The molecule has 5 rings (SSSR count). The minimum atomic E-state index is -0.0892. The van der Waals surface area contributed by atoms with Crippen LogP contribution in [0.1, 0.15) is 5.69 Å². The molecule has 0 aliphatic carbocycles. The van der Waals surface area contributed by atoms with Crippen molar-refractivity contribution in [2.75, 3.05) is 31.5 Å². The molecular formula is C25H23Cl2N5O. The molecule has 6 nitrogen and oxygen atoms in total. The second-order valence-electron chi connectivity index (χ2n) is 8.04. The quantitative estimate of drug-likeness (QED) is 0.410. The van der Waals surface area contributed by atoms with Crippen LogP contribution in [-0.4, -0.2) is 51.4 Å². The summed E-state index contributed by atoms with van der Waals surface area (Å²) >= 11 is 12.0. The Morgan fingerprint density at radius 2 is 1.55 bits per heavy atom. The van der Waals surface area contributed by atoms with E-state index >= 15 is 0 Å². The van der Waals surface area contributed by atoms with Gasteiger partial charge in [0.25, 0.3) is 0 Å². The SMILES string of the molecule is O=C(Nc1ccc(Cl)cc1)N1CCN(Cc2c(-c3ccc(Cl)cc3)nc3ccccn23)CC1. The molecule has 3 heterocycles. The number of benzene rings is 2. The maximum Gasteiger partial charge on any atom is 0.321 e. The van der Waals surface area contributed by atoms with Crippen LogP contribution in [0.5, 0.6) is 0 Å². The second kappa shape index (κ2) is 9.43. The summed E-state index contributed by atoms with van der Waals surface area (Å²) in [6, 6.07) is 20.9. The van der Waals surface area contributed by atoms with Crippen LogP contribution >= 0.6 is 23.2 Å². The zero-order chi connectivity index (χ0) is 22.8. The number of amides is 2. The molecule has 2 aromatic carbocycles. The average Bonchev–Trinajstić information content (AvgIpc) is 3.20. The van der Waals surface area contributed by atoms with E-state index in [4.69, 9.17) is 28.2 Å². The highest BCUT2D eigenvalue weighted by Gasteiger charge is 2.23. The highest BCUT2D eigenvalue weighted by atomic mass is 35.5. The van der Waals surface area contributed by atoms with Crippen LogP contribution in [0.4, 0.5) is 10.5 Å². The molecule has 8 heteroatoms. The topological polar surface area (TPSA) is 52.9 Å². The first-order valence-electron chi connectivity index (χ1n) is 10.8. The van der Waals surface area contributed by atoms with E-state index in [1.807, 2.05) is 53.6 Å². The molecule has 1 aliphatic rings. The summed E-state index contributed by atoms with van der Waals surface area (Å²) in [6.07, 6.45) is 2.05. The molecule has 0 spiro atoms. The van der Waals surface area contributed by atoms with Gasteiger partial charge in [0, 0.05) is 60.2 Å². The van der Waals surface area contributed by atoms with Crippen LogP contribution in [0.15, 0.2) is 72.9 Å². The number of imidazole rings is 1. The Hall–Kier alpha value is -3.06. The van der Waals surface area contributed by atoms with Gasteiger partial charge in [0.15, 0.2) is 0 Å². The third-order valence-electron chi connectivity index (χ3n) is 5.87. The van der Waals surface area contributed by atoms with Gasteiger partial charge in [-0.25, -0.2) is 9.78 Å². The fraction of sp³-hybridized carbons (Fsp3) is 0.200. The molecule has 1 aliphatic heterocycles. The summed E-state index contributed by atoms with van der Waals surface area (Å²) in [6.45, 7) is 3.64. The average molecular weight is 480 g/mol. The van der Waals surface area contributed by atoms with Crippen LogP contribution in [0.3, 0.4) is 0 Å². The molecule has 1 saturated heterocycles. The van der Waals surface area contributed by atoms with Gasteiger partial charge in [0.2, 0.25) is 0 Å². The maximum absolute atomic E-state index is 12.7. The number of piperazine rings is 1. The number of hydrogen-bond acceptors (Lipinski definition) is 3. The van der Waals surface area contributed by atoms with Gasteiger partial charge in [-0.05, 0) is 48.5 Å². The van der Waals surface area contributed by atoms with E-state index in [1.54, 1.807) is 24.3 Å². The normalized spacial score (nSPS) is 14.5. The van der Waals surface area contributed by atoms with E-state index in [0.717, 1.165) is 47.9 Å². The Bertz CT molecular complexity index is 1260. The second-order valence-corrected chi connectivity index (χ2v) is 8.92. The van der Waals surface area contributed by atoms with Crippen molar-refractivity contribution < 1.29 is 4.79 Å². The minimum absolute atomic E-state index is 0.0892. The van der Waals surface area contributed by atoms with Crippen molar-refractivity contribution in [1.29, 1.82) is 0 Å². The van der Waals surface area contributed by atoms with Crippen LogP contribution in [-0.2, 0) is 6.54 Å². The molecule has 0 saturated carbocycles. The van der Waals surface area contributed by atoms with Crippen molar-refractivity contribution in [2.45, 2.75) is 6.54 Å². The largest absolute Gasteiger partial charge is 0.322 e. The number of halogens is 2. The smallest absolute Gasteiger partial charge is 0.321 e. The number of anilines is 1. The van der Waals surface area contributed by atoms with Crippen molar-refractivity contribution in [1.82, 2.24) is 19.2 Å². The van der Waals surface area contributed by atoms with E-state index in [-0.39, 0.29) is 6.03 Å². The summed E-state index contributed by atoms with van der Waals surface area (Å²) < 4.78 is 2.14. The Morgan fingerprint density at radius 3 is 2.24 bits per heavy atom. The van der Waals surface area contributed by atoms with Crippen LogP contribution in [0, 0.1) is 0 Å². The molecule has 2 amide bonds. The molecule has 1 N–H and O–H groups in total. The first kappa shape index (κ1) is 21.8. The minimum Gasteiger partial charge on any atom is -0.322 e. The Kier molecular flexibility index (Phi) is 6.22.